The van der Waals surface area contributed by atoms with E-state index in [0.29, 0.717) is 63.2 Å². The Balaban J connectivity index is 1.17. The van der Waals surface area contributed by atoms with E-state index in [-0.39, 0.29) is 45.8 Å². The second-order valence-corrected chi connectivity index (χ2v) is 13.0. The Morgan fingerprint density at radius 2 is 1.78 bits per heavy atom. The zero-order valence-corrected chi connectivity index (χ0v) is 29.1. The molecule has 5 aromatic rings. The predicted molar refractivity (Wildman–Crippen MR) is 190 cm³/mol. The van der Waals surface area contributed by atoms with Gasteiger partial charge in [-0.25, -0.2) is 14.6 Å². The molecule has 256 valence electrons. The monoisotopic (exact) mass is 714 g/mol. The average molecular weight is 716 g/mol. The third kappa shape index (κ3) is 5.09. The van der Waals surface area contributed by atoms with E-state index in [9.17, 15) is 9.59 Å². The molecule has 1 aliphatic carbocycles. The Hall–Kier alpha value is -5.04. The van der Waals surface area contributed by atoms with Crippen molar-refractivity contribution in [3.05, 3.63) is 108 Å². The number of hydrogen-bond acceptors (Lipinski definition) is 8. The number of H-pyrrole nitrogens is 2. The first-order valence-corrected chi connectivity index (χ1v) is 16.9. The van der Waals surface area contributed by atoms with Crippen molar-refractivity contribution in [2.45, 2.75) is 44.8 Å². The van der Waals surface area contributed by atoms with Crippen LogP contribution in [0.25, 0.3) is 22.4 Å². The zero-order chi connectivity index (χ0) is 34.8. The number of ether oxygens (including phenoxy) is 4. The van der Waals surface area contributed by atoms with Crippen LogP contribution in [0.2, 0.25) is 10.0 Å². The van der Waals surface area contributed by atoms with Gasteiger partial charge in [0.15, 0.2) is 17.2 Å². The van der Waals surface area contributed by atoms with Crippen LogP contribution >= 0.6 is 23.2 Å². The molecule has 4 heterocycles. The molecule has 12 nitrogen and oxygen atoms in total. The number of rotatable bonds is 7. The van der Waals surface area contributed by atoms with Crippen molar-refractivity contribution in [1.82, 2.24) is 19.1 Å². The van der Waals surface area contributed by atoms with Crippen molar-refractivity contribution < 1.29 is 18.9 Å². The summed E-state index contributed by atoms with van der Waals surface area (Å²) in [6, 6.07) is 10.2. The number of aromatic nitrogens is 4. The summed E-state index contributed by atoms with van der Waals surface area (Å²) in [6.07, 6.45) is 7.17. The molecule has 0 saturated heterocycles. The minimum Gasteiger partial charge on any atom is -0.497 e. The van der Waals surface area contributed by atoms with Crippen LogP contribution in [0.3, 0.4) is 0 Å². The summed E-state index contributed by atoms with van der Waals surface area (Å²) in [6.45, 7) is 4.23. The number of nitrogens with zero attached hydrogens (tertiary/aromatic N) is 4. The lowest BCUT2D eigenvalue weighted by Crippen LogP contribution is -2.34. The molecule has 0 saturated carbocycles. The Kier molecular flexibility index (Phi) is 7.97. The van der Waals surface area contributed by atoms with Gasteiger partial charge in [0.1, 0.15) is 38.8 Å². The molecule has 0 amide bonds. The number of nitrogens with one attached hydrogen (secondary N) is 2. The largest absolute Gasteiger partial charge is 0.497 e. The lowest BCUT2D eigenvalue weighted by Gasteiger charge is -2.27. The summed E-state index contributed by atoms with van der Waals surface area (Å²) < 4.78 is 26.6. The summed E-state index contributed by atoms with van der Waals surface area (Å²) >= 11 is 13.9. The fourth-order valence-electron chi connectivity index (χ4n) is 6.81. The SMILES string of the molecule is CCc1c(C(C)C2COc3c(Cl)c4c(c(Cl)c3=N2)Oc2cc3c(cc2N=4)[nH]c(=O)n3-c2ccc(OC)cc2)[nH]c(=O)n1C1=CCC(OC)C=C1. The van der Waals surface area contributed by atoms with Gasteiger partial charge in [0, 0.05) is 36.2 Å². The highest BCUT2D eigenvalue weighted by atomic mass is 35.5. The molecule has 3 aromatic carbocycles. The normalized spacial score (nSPS) is 18.2. The van der Waals surface area contributed by atoms with Crippen molar-refractivity contribution >= 4 is 45.6 Å². The minimum absolute atomic E-state index is 0.0150. The van der Waals surface area contributed by atoms with Gasteiger partial charge in [0.25, 0.3) is 0 Å². The molecule has 2 aromatic heterocycles. The van der Waals surface area contributed by atoms with E-state index >= 15 is 0 Å². The Morgan fingerprint density at radius 1 is 1.02 bits per heavy atom. The van der Waals surface area contributed by atoms with Crippen molar-refractivity contribution in [3.63, 3.8) is 0 Å². The molecule has 0 bridgehead atoms. The lowest BCUT2D eigenvalue weighted by molar-refractivity contribution is 0.143. The molecule has 3 aliphatic rings. The minimum atomic E-state index is -0.397. The molecule has 3 atom stereocenters. The number of allylic oxidation sites excluding steroid dienone is 2. The van der Waals surface area contributed by atoms with E-state index in [4.69, 9.17) is 52.1 Å². The van der Waals surface area contributed by atoms with Gasteiger partial charge < -0.3 is 28.9 Å². The zero-order valence-electron chi connectivity index (χ0n) is 27.5. The molecule has 2 aliphatic heterocycles. The van der Waals surface area contributed by atoms with Gasteiger partial charge in [-0.05, 0) is 49.2 Å². The number of benzene rings is 3. The molecule has 50 heavy (non-hydrogen) atoms. The van der Waals surface area contributed by atoms with E-state index in [2.05, 4.69) is 9.97 Å². The van der Waals surface area contributed by atoms with Crippen LogP contribution in [0.1, 0.15) is 37.6 Å². The van der Waals surface area contributed by atoms with Gasteiger partial charge in [-0.15, -0.1) is 0 Å². The van der Waals surface area contributed by atoms with Gasteiger partial charge in [0.05, 0.1) is 36.0 Å². The number of methoxy groups -OCH3 is 2. The second-order valence-electron chi connectivity index (χ2n) is 12.3. The van der Waals surface area contributed by atoms with E-state index < -0.39 is 6.04 Å². The van der Waals surface area contributed by atoms with E-state index in [1.807, 2.05) is 32.1 Å². The van der Waals surface area contributed by atoms with E-state index in [1.54, 1.807) is 59.8 Å². The maximum Gasteiger partial charge on any atom is 0.331 e. The third-order valence-electron chi connectivity index (χ3n) is 9.47. The maximum atomic E-state index is 13.3. The number of imidazole rings is 2. The van der Waals surface area contributed by atoms with Gasteiger partial charge in [-0.2, -0.15) is 0 Å². The standard InChI is InChI=1S/C36H32Cl2N6O6/c1-5-25-30(42-36(46)43(25)18-6-10-20(47-3)11-7-18)17(2)24-16-49-33-28(37)32-34(29(38)31(33)40-24)50-27-15-26-22(14-23(27)39-32)41-35(45)44(26)19-8-12-21(48-4)13-9-19/h6-10,12-15,17,20,24H,5,11,16H2,1-4H3,(H,41,45)(H,42,46). The highest BCUT2D eigenvalue weighted by molar-refractivity contribution is 6.35. The second kappa shape index (κ2) is 12.4. The number of fused-ring (bicyclic) bond motifs is 4. The van der Waals surface area contributed by atoms with Crippen LogP contribution in [-0.2, 0) is 11.2 Å². The van der Waals surface area contributed by atoms with Gasteiger partial charge in [-0.1, -0.05) is 49.2 Å². The van der Waals surface area contributed by atoms with Crippen molar-refractivity contribution in [3.8, 4) is 28.7 Å². The fraction of sp³-hybridized carbons (Fsp3) is 0.278. The van der Waals surface area contributed by atoms with Gasteiger partial charge >= 0.3 is 11.4 Å². The number of hydrogen-bond donors (Lipinski definition) is 2. The molecule has 0 spiro atoms. The predicted octanol–water partition coefficient (Wildman–Crippen LogP) is 5.74. The van der Waals surface area contributed by atoms with Crippen LogP contribution in [-0.4, -0.2) is 52.1 Å². The van der Waals surface area contributed by atoms with Crippen LogP contribution in [0.15, 0.2) is 74.2 Å². The summed E-state index contributed by atoms with van der Waals surface area (Å²) in [4.78, 5) is 42.1. The third-order valence-corrected chi connectivity index (χ3v) is 10.2. The molecule has 8 rings (SSSR count). The van der Waals surface area contributed by atoms with E-state index in [0.717, 1.165) is 17.1 Å². The summed E-state index contributed by atoms with van der Waals surface area (Å²) in [5.74, 6) is 1.37. The Bertz CT molecular complexity index is 2510. The first-order valence-electron chi connectivity index (χ1n) is 16.2. The first kappa shape index (κ1) is 32.2. The topological polar surface area (TPSA) is 137 Å². The molecule has 0 radical (unpaired) electrons. The fourth-order valence-corrected chi connectivity index (χ4v) is 7.34. The molecular formula is C36H32Cl2N6O6. The van der Waals surface area contributed by atoms with Gasteiger partial charge in [0.2, 0.25) is 0 Å². The highest BCUT2D eigenvalue weighted by Crippen LogP contribution is 2.41. The van der Waals surface area contributed by atoms with Crippen LogP contribution in [0.5, 0.6) is 23.0 Å². The molecule has 2 N–H and O–H groups in total. The molecule has 3 unspecified atom stereocenters. The summed E-state index contributed by atoms with van der Waals surface area (Å²) in [5.41, 5.74) is 4.18. The Labute approximate surface area is 294 Å². The van der Waals surface area contributed by atoms with E-state index in [1.165, 1.54) is 0 Å². The Morgan fingerprint density at radius 3 is 2.48 bits per heavy atom. The van der Waals surface area contributed by atoms with Crippen molar-refractivity contribution in [1.29, 1.82) is 0 Å². The van der Waals surface area contributed by atoms with Crippen molar-refractivity contribution in [2.24, 2.45) is 9.98 Å². The van der Waals surface area contributed by atoms with Crippen molar-refractivity contribution in [2.75, 3.05) is 20.8 Å². The number of halogens is 2. The van der Waals surface area contributed by atoms with Crippen LogP contribution < -0.4 is 36.3 Å². The van der Waals surface area contributed by atoms with Crippen LogP contribution in [0.4, 0.5) is 5.69 Å². The molecule has 14 heteroatoms. The number of aromatic amines is 2. The smallest absolute Gasteiger partial charge is 0.331 e. The first-order chi connectivity index (χ1) is 24.2. The summed E-state index contributed by atoms with van der Waals surface area (Å²) in [5, 5.41) is 1.06. The average Bonchev–Trinajstić information content (AvgIpc) is 3.66. The molecule has 0 fully saturated rings. The summed E-state index contributed by atoms with van der Waals surface area (Å²) in [7, 11) is 3.25. The highest BCUT2D eigenvalue weighted by Gasteiger charge is 2.32. The maximum absolute atomic E-state index is 13.3. The lowest BCUT2D eigenvalue weighted by atomic mass is 9.96. The quantitative estimate of drug-likeness (QED) is 0.216. The van der Waals surface area contributed by atoms with Crippen LogP contribution in [0, 0.1) is 0 Å². The van der Waals surface area contributed by atoms with Gasteiger partial charge in [-0.3, -0.25) is 14.1 Å². The molecular weight excluding hydrogens is 683 g/mol.